The fourth-order valence-corrected chi connectivity index (χ4v) is 2.46. The maximum atomic E-state index is 9.47. The van der Waals surface area contributed by atoms with E-state index >= 15 is 0 Å². The van der Waals surface area contributed by atoms with Gasteiger partial charge in [0.25, 0.3) is 0 Å². The largest absolute Gasteiger partial charge is 0.395 e. The highest BCUT2D eigenvalue weighted by molar-refractivity contribution is 9.10. The van der Waals surface area contributed by atoms with Crippen LogP contribution in [0.1, 0.15) is 11.1 Å². The Morgan fingerprint density at radius 2 is 1.85 bits per heavy atom. The zero-order valence-corrected chi connectivity index (χ0v) is 13.4. The van der Waals surface area contributed by atoms with Crippen LogP contribution in [0.4, 0.5) is 0 Å². The van der Waals surface area contributed by atoms with Crippen molar-refractivity contribution >= 4 is 27.5 Å². The Labute approximate surface area is 132 Å². The second-order valence-electron chi connectivity index (χ2n) is 4.70. The summed E-state index contributed by atoms with van der Waals surface area (Å²) in [6.45, 7) is 0.796. The van der Waals surface area contributed by atoms with Crippen molar-refractivity contribution in [1.29, 1.82) is 0 Å². The van der Waals surface area contributed by atoms with E-state index < -0.39 is 0 Å². The van der Waals surface area contributed by atoms with Crippen molar-refractivity contribution in [2.24, 2.45) is 0 Å². The standard InChI is InChI=1S/C16H17BrClNO/c17-15-7-6-13(9-16(15)18)10-19-14(11-20)8-12-4-2-1-3-5-12/h1-7,9,14,19-20H,8,10-11H2/t14-/m0/s1. The van der Waals surface area contributed by atoms with Crippen molar-refractivity contribution in [2.45, 2.75) is 19.0 Å². The van der Waals surface area contributed by atoms with Gasteiger partial charge in [-0.25, -0.2) is 0 Å². The van der Waals surface area contributed by atoms with Gasteiger partial charge in [0.1, 0.15) is 0 Å². The summed E-state index contributed by atoms with van der Waals surface area (Å²) in [5.74, 6) is 0. The maximum absolute atomic E-state index is 9.47. The van der Waals surface area contributed by atoms with Gasteiger partial charge in [-0.15, -0.1) is 0 Å². The summed E-state index contributed by atoms with van der Waals surface area (Å²) >= 11 is 9.44. The molecule has 2 nitrogen and oxygen atoms in total. The van der Waals surface area contributed by atoms with Gasteiger partial charge in [-0.2, -0.15) is 0 Å². The highest BCUT2D eigenvalue weighted by atomic mass is 79.9. The topological polar surface area (TPSA) is 32.3 Å². The molecule has 2 aromatic rings. The van der Waals surface area contributed by atoms with E-state index in [4.69, 9.17) is 11.6 Å². The smallest absolute Gasteiger partial charge is 0.0587 e. The Balaban J connectivity index is 1.92. The second kappa shape index (κ2) is 7.79. The Morgan fingerprint density at radius 3 is 2.50 bits per heavy atom. The quantitative estimate of drug-likeness (QED) is 0.827. The predicted molar refractivity (Wildman–Crippen MR) is 87.0 cm³/mol. The van der Waals surface area contributed by atoms with Gasteiger partial charge in [0.2, 0.25) is 0 Å². The van der Waals surface area contributed by atoms with Crippen molar-refractivity contribution in [3.05, 3.63) is 69.2 Å². The Hall–Kier alpha value is -0.870. The molecule has 0 radical (unpaired) electrons. The maximum Gasteiger partial charge on any atom is 0.0587 e. The van der Waals surface area contributed by atoms with Gasteiger partial charge in [0, 0.05) is 17.1 Å². The van der Waals surface area contributed by atoms with Crippen LogP contribution in [0.3, 0.4) is 0 Å². The minimum absolute atomic E-state index is 0.0415. The molecule has 0 aliphatic carbocycles. The molecule has 20 heavy (non-hydrogen) atoms. The number of hydrogen-bond donors (Lipinski definition) is 2. The van der Waals surface area contributed by atoms with Gasteiger partial charge in [-0.1, -0.05) is 48.0 Å². The third-order valence-corrected chi connectivity index (χ3v) is 4.36. The Morgan fingerprint density at radius 1 is 1.10 bits per heavy atom. The van der Waals surface area contributed by atoms with Crippen LogP contribution in [-0.4, -0.2) is 17.8 Å². The third-order valence-electron chi connectivity index (χ3n) is 3.12. The molecule has 0 amide bonds. The lowest BCUT2D eigenvalue weighted by Gasteiger charge is -2.16. The number of rotatable bonds is 6. The van der Waals surface area contributed by atoms with Gasteiger partial charge in [0.05, 0.1) is 11.6 Å². The fourth-order valence-electron chi connectivity index (χ4n) is 2.01. The lowest BCUT2D eigenvalue weighted by molar-refractivity contribution is 0.241. The fraction of sp³-hybridized carbons (Fsp3) is 0.250. The highest BCUT2D eigenvalue weighted by Crippen LogP contribution is 2.23. The molecule has 0 fully saturated rings. The molecule has 0 aliphatic heterocycles. The average Bonchev–Trinajstić information content (AvgIpc) is 2.48. The molecule has 106 valence electrons. The zero-order valence-electron chi connectivity index (χ0n) is 11.0. The number of halogens is 2. The normalized spacial score (nSPS) is 12.3. The van der Waals surface area contributed by atoms with Gasteiger partial charge in [-0.05, 0) is 45.6 Å². The van der Waals surface area contributed by atoms with Crippen molar-refractivity contribution in [1.82, 2.24) is 5.32 Å². The van der Waals surface area contributed by atoms with Crippen LogP contribution >= 0.6 is 27.5 Å². The molecule has 1 atom stereocenters. The molecular weight excluding hydrogens is 338 g/mol. The lowest BCUT2D eigenvalue weighted by atomic mass is 10.1. The van der Waals surface area contributed by atoms with Gasteiger partial charge < -0.3 is 10.4 Å². The van der Waals surface area contributed by atoms with Crippen LogP contribution in [0.5, 0.6) is 0 Å². The summed E-state index contributed by atoms with van der Waals surface area (Å²) in [5.41, 5.74) is 2.32. The molecule has 0 aromatic heterocycles. The van der Waals surface area contributed by atoms with Gasteiger partial charge >= 0.3 is 0 Å². The van der Waals surface area contributed by atoms with Crippen LogP contribution in [0.15, 0.2) is 53.0 Å². The first-order chi connectivity index (χ1) is 9.69. The van der Waals surface area contributed by atoms with E-state index in [0.717, 1.165) is 16.5 Å². The van der Waals surface area contributed by atoms with E-state index in [1.165, 1.54) is 5.56 Å². The van der Waals surface area contributed by atoms with Crippen molar-refractivity contribution < 1.29 is 5.11 Å². The molecular formula is C16H17BrClNO. The van der Waals surface area contributed by atoms with Crippen LogP contribution in [0, 0.1) is 0 Å². The van der Waals surface area contributed by atoms with E-state index in [2.05, 4.69) is 33.4 Å². The predicted octanol–water partition coefficient (Wildman–Crippen LogP) is 3.80. The first-order valence-electron chi connectivity index (χ1n) is 6.51. The van der Waals surface area contributed by atoms with Crippen LogP contribution in [-0.2, 0) is 13.0 Å². The summed E-state index contributed by atoms with van der Waals surface area (Å²) in [5, 5.41) is 13.5. The lowest BCUT2D eigenvalue weighted by Crippen LogP contribution is -2.34. The first-order valence-corrected chi connectivity index (χ1v) is 7.68. The van der Waals surface area contributed by atoms with E-state index in [0.29, 0.717) is 11.6 Å². The van der Waals surface area contributed by atoms with Crippen molar-refractivity contribution in [3.63, 3.8) is 0 Å². The van der Waals surface area contributed by atoms with Crippen molar-refractivity contribution in [3.8, 4) is 0 Å². The molecule has 0 aliphatic rings. The molecule has 2 rings (SSSR count). The SMILES string of the molecule is OC[C@H](Cc1ccccc1)NCc1ccc(Br)c(Cl)c1. The molecule has 0 saturated carbocycles. The van der Waals surface area contributed by atoms with Gasteiger partial charge in [-0.3, -0.25) is 0 Å². The molecule has 0 spiro atoms. The number of aliphatic hydroxyl groups is 1. The molecule has 0 heterocycles. The summed E-state index contributed by atoms with van der Waals surface area (Å²) in [6, 6.07) is 16.1. The molecule has 0 unspecified atom stereocenters. The minimum Gasteiger partial charge on any atom is -0.395 e. The zero-order chi connectivity index (χ0) is 14.4. The molecule has 0 bridgehead atoms. The third kappa shape index (κ3) is 4.60. The molecule has 4 heteroatoms. The second-order valence-corrected chi connectivity index (χ2v) is 5.96. The first kappa shape index (κ1) is 15.5. The minimum atomic E-state index is 0.0415. The van der Waals surface area contributed by atoms with Crippen molar-refractivity contribution in [2.75, 3.05) is 6.61 Å². The number of aliphatic hydroxyl groups excluding tert-OH is 1. The summed E-state index contributed by atoms with van der Waals surface area (Å²) in [4.78, 5) is 0. The molecule has 0 saturated heterocycles. The van der Waals surface area contributed by atoms with Crippen LogP contribution < -0.4 is 5.32 Å². The highest BCUT2D eigenvalue weighted by Gasteiger charge is 2.08. The van der Waals surface area contributed by atoms with E-state index in [1.807, 2.05) is 36.4 Å². The van der Waals surface area contributed by atoms with E-state index in [-0.39, 0.29) is 12.6 Å². The number of hydrogen-bond acceptors (Lipinski definition) is 2. The number of nitrogens with one attached hydrogen (secondary N) is 1. The van der Waals surface area contributed by atoms with Crippen LogP contribution in [0.25, 0.3) is 0 Å². The molecule has 2 aromatic carbocycles. The van der Waals surface area contributed by atoms with E-state index in [1.54, 1.807) is 0 Å². The van der Waals surface area contributed by atoms with Gasteiger partial charge in [0.15, 0.2) is 0 Å². The molecule has 2 N–H and O–H groups in total. The van der Waals surface area contributed by atoms with Crippen LogP contribution in [0.2, 0.25) is 5.02 Å². The number of benzene rings is 2. The van der Waals surface area contributed by atoms with E-state index in [9.17, 15) is 5.11 Å². The summed E-state index contributed by atoms with van der Waals surface area (Å²) in [7, 11) is 0. The summed E-state index contributed by atoms with van der Waals surface area (Å²) in [6.07, 6.45) is 0.807. The summed E-state index contributed by atoms with van der Waals surface area (Å²) < 4.78 is 0.894. The monoisotopic (exact) mass is 353 g/mol. The Bertz CT molecular complexity index is 547. The Kier molecular flexibility index (Phi) is 6.05. The average molecular weight is 355 g/mol.